The van der Waals surface area contributed by atoms with Crippen LogP contribution in [0, 0.1) is 17.2 Å². The van der Waals surface area contributed by atoms with Gasteiger partial charge in [-0.2, -0.15) is 5.26 Å². The van der Waals surface area contributed by atoms with Crippen molar-refractivity contribution in [1.29, 1.82) is 5.26 Å². The molecule has 1 aliphatic rings. The molecule has 0 bridgehead atoms. The monoisotopic (exact) mass is 466 g/mol. The lowest BCUT2D eigenvalue weighted by molar-refractivity contribution is -0.118. The maximum Gasteiger partial charge on any atom is 0.262 e. The van der Waals surface area contributed by atoms with Crippen LogP contribution in [0.4, 0.5) is 5.69 Å². The van der Waals surface area contributed by atoms with Crippen LogP contribution in [0.5, 0.6) is 0 Å². The number of nitriles is 1. The lowest BCUT2D eigenvalue weighted by Gasteiger charge is -2.19. The van der Waals surface area contributed by atoms with Crippen molar-refractivity contribution in [2.24, 2.45) is 5.92 Å². The van der Waals surface area contributed by atoms with Crippen LogP contribution in [0.3, 0.4) is 0 Å². The minimum Gasteiger partial charge on any atom is -0.344 e. The van der Waals surface area contributed by atoms with Crippen molar-refractivity contribution >= 4 is 39.5 Å². The van der Waals surface area contributed by atoms with Gasteiger partial charge in [0.2, 0.25) is 5.91 Å². The Kier molecular flexibility index (Phi) is 7.36. The number of nitrogens with one attached hydrogen (secondary N) is 2. The molecule has 0 radical (unpaired) electrons. The third-order valence-electron chi connectivity index (χ3n) is 4.80. The molecule has 2 N–H and O–H groups in total. The second-order valence-corrected chi connectivity index (χ2v) is 8.08. The Labute approximate surface area is 184 Å². The molecule has 2 aromatic rings. The van der Waals surface area contributed by atoms with Gasteiger partial charge in [-0.05, 0) is 77.0 Å². The summed E-state index contributed by atoms with van der Waals surface area (Å²) in [7, 11) is 0. The minimum absolute atomic E-state index is 0.00898. The molecule has 0 spiro atoms. The van der Waals surface area contributed by atoms with Gasteiger partial charge in [-0.1, -0.05) is 25.1 Å². The molecule has 1 aromatic heterocycles. The van der Waals surface area contributed by atoms with Gasteiger partial charge in [-0.3, -0.25) is 9.59 Å². The second-order valence-electron chi connectivity index (χ2n) is 7.26. The smallest absolute Gasteiger partial charge is 0.262 e. The van der Waals surface area contributed by atoms with Gasteiger partial charge in [-0.15, -0.1) is 0 Å². The fourth-order valence-corrected chi connectivity index (χ4v) is 3.50. The highest BCUT2D eigenvalue weighted by atomic mass is 79.9. The number of amides is 2. The van der Waals surface area contributed by atoms with Gasteiger partial charge in [0.15, 0.2) is 0 Å². The van der Waals surface area contributed by atoms with E-state index in [1.54, 1.807) is 18.2 Å². The summed E-state index contributed by atoms with van der Waals surface area (Å²) in [4.78, 5) is 28.8. The van der Waals surface area contributed by atoms with Gasteiger partial charge in [0, 0.05) is 12.1 Å². The molecule has 0 saturated heterocycles. The number of pyridine rings is 1. The summed E-state index contributed by atoms with van der Waals surface area (Å²) in [5, 5.41) is 15.3. The molecule has 1 heterocycles. The first-order chi connectivity index (χ1) is 14.5. The highest BCUT2D eigenvalue weighted by Gasteiger charge is 2.34. The molecule has 3 rings (SSSR count). The topological polar surface area (TPSA) is 94.9 Å². The quantitative estimate of drug-likeness (QED) is 0.333. The van der Waals surface area contributed by atoms with Crippen molar-refractivity contribution < 1.29 is 9.59 Å². The molecule has 1 saturated carbocycles. The van der Waals surface area contributed by atoms with Crippen LogP contribution in [0.25, 0.3) is 6.08 Å². The standard InChI is InChI=1S/C23H23BrN4O2/c1-2-4-21(29)27-18-11-9-16(10-12-18)22(15-7-8-15)28-23(30)17(14-25)13-19-5-3-6-20(24)26-19/h3,5-6,9-13,15,22H,2,4,7-8H2,1H3,(H,27,29)(H,28,30)/b17-13+. The summed E-state index contributed by atoms with van der Waals surface area (Å²) in [6, 6.07) is 14.6. The average Bonchev–Trinajstić information content (AvgIpc) is 3.56. The number of halogens is 1. The van der Waals surface area contributed by atoms with E-state index in [0.29, 0.717) is 22.6 Å². The number of aromatic nitrogens is 1. The van der Waals surface area contributed by atoms with E-state index in [9.17, 15) is 14.9 Å². The lowest BCUT2D eigenvalue weighted by atomic mass is 10.0. The van der Waals surface area contributed by atoms with Gasteiger partial charge in [0.1, 0.15) is 16.2 Å². The molecule has 1 unspecified atom stereocenters. The summed E-state index contributed by atoms with van der Waals surface area (Å²) in [6.45, 7) is 1.96. The molecule has 1 aromatic carbocycles. The van der Waals surface area contributed by atoms with Gasteiger partial charge >= 0.3 is 0 Å². The first kappa shape index (κ1) is 21.7. The molecular weight excluding hydrogens is 444 g/mol. The minimum atomic E-state index is -0.420. The van der Waals surface area contributed by atoms with Gasteiger partial charge in [-0.25, -0.2) is 4.98 Å². The zero-order chi connectivity index (χ0) is 21.5. The number of carbonyl (C=O) groups is 2. The zero-order valence-corrected chi connectivity index (χ0v) is 18.3. The summed E-state index contributed by atoms with van der Waals surface area (Å²) in [6.07, 6.45) is 4.82. The largest absolute Gasteiger partial charge is 0.344 e. The Morgan fingerprint density at radius 2 is 2.00 bits per heavy atom. The summed E-state index contributed by atoms with van der Waals surface area (Å²) in [5.74, 6) is -0.0860. The number of nitrogens with zero attached hydrogens (tertiary/aromatic N) is 2. The van der Waals surface area contributed by atoms with Gasteiger partial charge in [0.05, 0.1) is 11.7 Å². The first-order valence-electron chi connectivity index (χ1n) is 9.95. The molecule has 0 aliphatic heterocycles. The Morgan fingerprint density at radius 1 is 1.27 bits per heavy atom. The molecular formula is C23H23BrN4O2. The number of rotatable bonds is 8. The van der Waals surface area contributed by atoms with Crippen LogP contribution in [0.2, 0.25) is 0 Å². The van der Waals surface area contributed by atoms with Crippen molar-refractivity contribution in [3.63, 3.8) is 0 Å². The van der Waals surface area contributed by atoms with Crippen molar-refractivity contribution in [3.05, 3.63) is 63.9 Å². The number of hydrogen-bond acceptors (Lipinski definition) is 4. The van der Waals surface area contributed by atoms with E-state index in [-0.39, 0.29) is 17.5 Å². The zero-order valence-electron chi connectivity index (χ0n) is 16.7. The number of carbonyl (C=O) groups excluding carboxylic acids is 2. The number of anilines is 1. The highest BCUT2D eigenvalue weighted by Crippen LogP contribution is 2.41. The van der Waals surface area contributed by atoms with Crippen LogP contribution >= 0.6 is 15.9 Å². The average molecular weight is 467 g/mol. The fraction of sp³-hybridized carbons (Fsp3) is 0.304. The SMILES string of the molecule is CCCC(=O)Nc1ccc(C(NC(=O)/C(C#N)=C/c2cccc(Br)n2)C2CC2)cc1. The maximum atomic E-state index is 12.8. The van der Waals surface area contributed by atoms with E-state index in [2.05, 4.69) is 31.5 Å². The lowest BCUT2D eigenvalue weighted by Crippen LogP contribution is -2.30. The summed E-state index contributed by atoms with van der Waals surface area (Å²) < 4.78 is 0.635. The molecule has 154 valence electrons. The van der Waals surface area contributed by atoms with Crippen LogP contribution in [-0.2, 0) is 9.59 Å². The number of benzene rings is 1. The second kappa shape index (κ2) is 10.2. The van der Waals surface area contributed by atoms with Crippen molar-refractivity contribution in [2.45, 2.75) is 38.6 Å². The predicted octanol–water partition coefficient (Wildman–Crippen LogP) is 4.76. The van der Waals surface area contributed by atoms with Crippen molar-refractivity contribution in [3.8, 4) is 6.07 Å². The van der Waals surface area contributed by atoms with Crippen molar-refractivity contribution in [2.75, 3.05) is 5.32 Å². The van der Waals surface area contributed by atoms with E-state index >= 15 is 0 Å². The molecule has 1 fully saturated rings. The van der Waals surface area contributed by atoms with E-state index in [1.165, 1.54) is 6.08 Å². The number of hydrogen-bond donors (Lipinski definition) is 2. The maximum absolute atomic E-state index is 12.8. The fourth-order valence-electron chi connectivity index (χ4n) is 3.15. The Hall–Kier alpha value is -2.98. The molecule has 30 heavy (non-hydrogen) atoms. The Morgan fingerprint density at radius 3 is 2.60 bits per heavy atom. The van der Waals surface area contributed by atoms with E-state index < -0.39 is 5.91 Å². The molecule has 7 heteroatoms. The molecule has 1 aliphatic carbocycles. The van der Waals surface area contributed by atoms with Crippen molar-refractivity contribution in [1.82, 2.24) is 10.3 Å². The van der Waals surface area contributed by atoms with Crippen LogP contribution in [0.1, 0.15) is 49.9 Å². The van der Waals surface area contributed by atoms with Crippen LogP contribution in [-0.4, -0.2) is 16.8 Å². The summed E-state index contributed by atoms with van der Waals surface area (Å²) in [5.41, 5.74) is 2.23. The molecule has 1 atom stereocenters. The third kappa shape index (κ3) is 6.01. The Bertz CT molecular complexity index is 991. The highest BCUT2D eigenvalue weighted by molar-refractivity contribution is 9.10. The van der Waals surface area contributed by atoms with Gasteiger partial charge < -0.3 is 10.6 Å². The predicted molar refractivity (Wildman–Crippen MR) is 119 cm³/mol. The Balaban J connectivity index is 1.73. The third-order valence-corrected chi connectivity index (χ3v) is 5.25. The summed E-state index contributed by atoms with van der Waals surface area (Å²) >= 11 is 3.29. The molecule has 2 amide bonds. The first-order valence-corrected chi connectivity index (χ1v) is 10.7. The van der Waals surface area contributed by atoms with Crippen LogP contribution < -0.4 is 10.6 Å². The van der Waals surface area contributed by atoms with E-state index in [0.717, 1.165) is 30.5 Å². The molecule has 6 nitrogen and oxygen atoms in total. The van der Waals surface area contributed by atoms with E-state index in [4.69, 9.17) is 0 Å². The van der Waals surface area contributed by atoms with Crippen LogP contribution in [0.15, 0.2) is 52.6 Å². The van der Waals surface area contributed by atoms with Gasteiger partial charge in [0.25, 0.3) is 5.91 Å². The van der Waals surface area contributed by atoms with E-state index in [1.807, 2.05) is 37.3 Å². The normalized spacial score (nSPS) is 14.5.